The van der Waals surface area contributed by atoms with Crippen LogP contribution in [0, 0.1) is 0 Å². The van der Waals surface area contributed by atoms with E-state index in [1.165, 1.54) is 0 Å². The average Bonchev–Trinajstić information content (AvgIpc) is 3.43. The molecule has 1 aliphatic heterocycles. The molecule has 6 heteroatoms. The Morgan fingerprint density at radius 3 is 2.33 bits per heavy atom. The number of amides is 1. The highest BCUT2D eigenvalue weighted by Crippen LogP contribution is 2.51. The molecule has 1 saturated heterocycles. The molecule has 0 bridgehead atoms. The van der Waals surface area contributed by atoms with Gasteiger partial charge in [-0.3, -0.25) is 9.69 Å². The molecule has 2 aliphatic rings. The van der Waals surface area contributed by atoms with E-state index in [2.05, 4.69) is 4.90 Å². The van der Waals surface area contributed by atoms with Crippen molar-refractivity contribution in [2.24, 2.45) is 0 Å². The van der Waals surface area contributed by atoms with Gasteiger partial charge in [-0.1, -0.05) is 6.07 Å². The van der Waals surface area contributed by atoms with Crippen molar-refractivity contribution in [2.75, 3.05) is 53.6 Å². The summed E-state index contributed by atoms with van der Waals surface area (Å²) in [7, 11) is 3.23. The number of aliphatic hydroxyl groups excluding tert-OH is 1. The number of methoxy groups -OCH3 is 2. The molecular formula is C18H26N2O4. The Kier molecular flexibility index (Phi) is 4.96. The van der Waals surface area contributed by atoms with Gasteiger partial charge in [-0.2, -0.15) is 0 Å². The molecule has 24 heavy (non-hydrogen) atoms. The zero-order valence-electron chi connectivity index (χ0n) is 14.5. The summed E-state index contributed by atoms with van der Waals surface area (Å²) in [6.07, 6.45) is 1.77. The van der Waals surface area contributed by atoms with Crippen LogP contribution in [0.15, 0.2) is 18.2 Å². The summed E-state index contributed by atoms with van der Waals surface area (Å²) in [5.74, 6) is 1.57. The Labute approximate surface area is 143 Å². The van der Waals surface area contributed by atoms with Gasteiger partial charge in [0.1, 0.15) is 0 Å². The van der Waals surface area contributed by atoms with E-state index in [1.807, 2.05) is 23.1 Å². The van der Waals surface area contributed by atoms with Crippen LogP contribution in [0.1, 0.15) is 18.4 Å². The molecule has 6 nitrogen and oxygen atoms in total. The van der Waals surface area contributed by atoms with Crippen molar-refractivity contribution in [3.63, 3.8) is 0 Å². The zero-order valence-corrected chi connectivity index (χ0v) is 14.5. The smallest absolute Gasteiger partial charge is 0.233 e. The number of aliphatic hydroxyl groups is 1. The maximum atomic E-state index is 13.1. The Bertz CT molecular complexity index is 593. The van der Waals surface area contributed by atoms with Gasteiger partial charge >= 0.3 is 0 Å². The molecular weight excluding hydrogens is 308 g/mol. The van der Waals surface area contributed by atoms with Gasteiger partial charge in [-0.05, 0) is 30.5 Å². The Morgan fingerprint density at radius 1 is 1.12 bits per heavy atom. The van der Waals surface area contributed by atoms with Gasteiger partial charge in [0.25, 0.3) is 0 Å². The van der Waals surface area contributed by atoms with Crippen molar-refractivity contribution < 1.29 is 19.4 Å². The van der Waals surface area contributed by atoms with Crippen LogP contribution in [-0.4, -0.2) is 74.4 Å². The third-order valence-corrected chi connectivity index (χ3v) is 5.17. The Balaban J connectivity index is 1.73. The predicted octanol–water partition coefficient (Wildman–Crippen LogP) is 0.872. The predicted molar refractivity (Wildman–Crippen MR) is 90.6 cm³/mol. The molecule has 0 aromatic heterocycles. The minimum atomic E-state index is -0.390. The number of nitrogens with zero attached hydrogens (tertiary/aromatic N) is 2. The van der Waals surface area contributed by atoms with Crippen molar-refractivity contribution in [3.05, 3.63) is 23.8 Å². The molecule has 3 rings (SSSR count). The average molecular weight is 334 g/mol. The fraction of sp³-hybridized carbons (Fsp3) is 0.611. The van der Waals surface area contributed by atoms with Crippen molar-refractivity contribution in [2.45, 2.75) is 18.3 Å². The van der Waals surface area contributed by atoms with E-state index in [4.69, 9.17) is 14.6 Å². The minimum Gasteiger partial charge on any atom is -0.493 e. The van der Waals surface area contributed by atoms with E-state index in [-0.39, 0.29) is 12.5 Å². The number of rotatable bonds is 6. The molecule has 1 aliphatic carbocycles. The van der Waals surface area contributed by atoms with E-state index < -0.39 is 5.41 Å². The normalized spacial score (nSPS) is 19.9. The van der Waals surface area contributed by atoms with Gasteiger partial charge in [-0.25, -0.2) is 0 Å². The number of piperazine rings is 1. The van der Waals surface area contributed by atoms with Crippen LogP contribution in [0.5, 0.6) is 11.5 Å². The highest BCUT2D eigenvalue weighted by atomic mass is 16.5. The largest absolute Gasteiger partial charge is 0.493 e. The first-order chi connectivity index (χ1) is 11.6. The topological polar surface area (TPSA) is 62.2 Å². The van der Waals surface area contributed by atoms with E-state index in [1.54, 1.807) is 14.2 Å². The van der Waals surface area contributed by atoms with Crippen molar-refractivity contribution in [1.82, 2.24) is 9.80 Å². The van der Waals surface area contributed by atoms with Gasteiger partial charge in [0.05, 0.1) is 26.2 Å². The van der Waals surface area contributed by atoms with Gasteiger partial charge in [0.15, 0.2) is 11.5 Å². The van der Waals surface area contributed by atoms with E-state index in [0.717, 1.165) is 44.6 Å². The van der Waals surface area contributed by atoms with E-state index >= 15 is 0 Å². The summed E-state index contributed by atoms with van der Waals surface area (Å²) >= 11 is 0. The Morgan fingerprint density at radius 2 is 1.79 bits per heavy atom. The van der Waals surface area contributed by atoms with E-state index in [9.17, 15) is 4.79 Å². The summed E-state index contributed by atoms with van der Waals surface area (Å²) in [5, 5.41) is 9.03. The monoisotopic (exact) mass is 334 g/mol. The minimum absolute atomic E-state index is 0.170. The van der Waals surface area contributed by atoms with Crippen LogP contribution in [0.3, 0.4) is 0 Å². The third-order valence-electron chi connectivity index (χ3n) is 5.17. The summed E-state index contributed by atoms with van der Waals surface area (Å²) in [4.78, 5) is 17.3. The standard InChI is InChI=1S/C18H26N2O4/c1-23-15-4-3-14(13-16(15)24-2)18(5-6-18)17(22)20-9-7-19(8-10-20)11-12-21/h3-4,13,21H,5-12H2,1-2H3. The number of β-amino-alcohol motifs (C(OH)–C–C–N with tert-alkyl or cyclic N) is 1. The van der Waals surface area contributed by atoms with Crippen LogP contribution in [0.4, 0.5) is 0 Å². The molecule has 1 aromatic carbocycles. The molecule has 0 atom stereocenters. The van der Waals surface area contributed by atoms with Crippen molar-refractivity contribution in [1.29, 1.82) is 0 Å². The number of ether oxygens (including phenoxy) is 2. The van der Waals surface area contributed by atoms with Crippen LogP contribution in [0.25, 0.3) is 0 Å². The molecule has 1 heterocycles. The molecule has 1 amide bonds. The van der Waals surface area contributed by atoms with Crippen LogP contribution < -0.4 is 9.47 Å². The van der Waals surface area contributed by atoms with Crippen molar-refractivity contribution >= 4 is 5.91 Å². The summed E-state index contributed by atoms with van der Waals surface area (Å²) in [6.45, 7) is 3.97. The molecule has 0 radical (unpaired) electrons. The molecule has 1 saturated carbocycles. The summed E-state index contributed by atoms with van der Waals surface area (Å²) in [5.41, 5.74) is 0.626. The second kappa shape index (κ2) is 6.99. The maximum Gasteiger partial charge on any atom is 0.233 e. The molecule has 1 aromatic rings. The first kappa shape index (κ1) is 17.0. The second-order valence-electron chi connectivity index (χ2n) is 6.51. The van der Waals surface area contributed by atoms with Crippen LogP contribution >= 0.6 is 0 Å². The summed E-state index contributed by atoms with van der Waals surface area (Å²) < 4.78 is 10.7. The lowest BCUT2D eigenvalue weighted by Crippen LogP contribution is -2.52. The lowest BCUT2D eigenvalue weighted by atomic mass is 9.93. The summed E-state index contributed by atoms with van der Waals surface area (Å²) in [6, 6.07) is 5.79. The third kappa shape index (κ3) is 3.08. The van der Waals surface area contributed by atoms with Gasteiger partial charge in [-0.15, -0.1) is 0 Å². The lowest BCUT2D eigenvalue weighted by molar-refractivity contribution is -0.135. The highest BCUT2D eigenvalue weighted by molar-refractivity contribution is 5.91. The lowest BCUT2D eigenvalue weighted by Gasteiger charge is -2.36. The number of carbonyl (C=O) groups excluding carboxylic acids is 1. The number of hydrogen-bond acceptors (Lipinski definition) is 5. The van der Waals surface area contributed by atoms with Crippen LogP contribution in [0.2, 0.25) is 0 Å². The zero-order chi connectivity index (χ0) is 17.2. The fourth-order valence-corrected chi connectivity index (χ4v) is 3.50. The maximum absolute atomic E-state index is 13.1. The molecule has 0 spiro atoms. The number of carbonyl (C=O) groups is 1. The van der Waals surface area contributed by atoms with E-state index in [0.29, 0.717) is 18.0 Å². The fourth-order valence-electron chi connectivity index (χ4n) is 3.50. The second-order valence-corrected chi connectivity index (χ2v) is 6.51. The van der Waals surface area contributed by atoms with Gasteiger partial charge in [0, 0.05) is 32.7 Å². The number of hydrogen-bond donors (Lipinski definition) is 1. The molecule has 1 N–H and O–H groups in total. The molecule has 132 valence electrons. The van der Waals surface area contributed by atoms with Crippen LogP contribution in [-0.2, 0) is 10.2 Å². The quantitative estimate of drug-likeness (QED) is 0.836. The first-order valence-corrected chi connectivity index (χ1v) is 8.49. The van der Waals surface area contributed by atoms with Gasteiger partial charge < -0.3 is 19.5 Å². The number of benzene rings is 1. The Hall–Kier alpha value is -1.79. The molecule has 2 fully saturated rings. The van der Waals surface area contributed by atoms with Gasteiger partial charge in [0.2, 0.25) is 5.91 Å². The SMILES string of the molecule is COc1ccc(C2(C(=O)N3CCN(CCO)CC3)CC2)cc1OC. The highest BCUT2D eigenvalue weighted by Gasteiger charge is 2.53. The molecule has 0 unspecified atom stereocenters. The van der Waals surface area contributed by atoms with Crippen molar-refractivity contribution in [3.8, 4) is 11.5 Å². The first-order valence-electron chi connectivity index (χ1n) is 8.49.